The Kier molecular flexibility index (Phi) is 4.51. The van der Waals surface area contributed by atoms with E-state index in [1.807, 2.05) is 0 Å². The normalized spacial score (nSPS) is 21.8. The minimum absolute atomic E-state index is 0.0293. The molecule has 1 aromatic rings. The molecule has 1 atom stereocenters. The summed E-state index contributed by atoms with van der Waals surface area (Å²) in [4.78, 5) is 10.5. The summed E-state index contributed by atoms with van der Waals surface area (Å²) in [6.45, 7) is 2.50. The quantitative estimate of drug-likeness (QED) is 0.793. The molecule has 1 fully saturated rings. The molecule has 1 aliphatic rings. The number of carbonyl (C=O) groups is 1. The van der Waals surface area contributed by atoms with Gasteiger partial charge in [0.1, 0.15) is 0 Å². The van der Waals surface area contributed by atoms with Crippen LogP contribution in [0.15, 0.2) is 29.2 Å². The lowest BCUT2D eigenvalue weighted by atomic mass is 10.1. The van der Waals surface area contributed by atoms with Crippen molar-refractivity contribution in [3.63, 3.8) is 0 Å². The molecule has 5 nitrogen and oxygen atoms in total. The van der Waals surface area contributed by atoms with Crippen molar-refractivity contribution in [3.05, 3.63) is 29.8 Å². The first kappa shape index (κ1) is 17.8. The Bertz CT molecular complexity index is 685. The third-order valence-electron chi connectivity index (χ3n) is 4.42. The highest BCUT2D eigenvalue weighted by Gasteiger charge is 2.74. The van der Waals surface area contributed by atoms with Crippen molar-refractivity contribution in [2.24, 2.45) is 11.3 Å². The zero-order chi connectivity index (χ0) is 17.5. The second kappa shape index (κ2) is 5.83. The molecule has 0 aliphatic heterocycles. The van der Waals surface area contributed by atoms with Gasteiger partial charge in [-0.05, 0) is 24.1 Å². The van der Waals surface area contributed by atoms with Crippen molar-refractivity contribution in [1.29, 1.82) is 0 Å². The molecule has 2 rings (SSSR count). The number of sulfonamides is 1. The molecule has 0 bridgehead atoms. The largest absolute Gasteiger partial charge is 0.481 e. The average Bonchev–Trinajstić information content (AvgIpc) is 2.84. The molecule has 1 saturated carbocycles. The topological polar surface area (TPSA) is 83.5 Å². The van der Waals surface area contributed by atoms with E-state index in [1.165, 1.54) is 38.1 Å². The van der Waals surface area contributed by atoms with Gasteiger partial charge in [-0.1, -0.05) is 26.0 Å². The van der Waals surface area contributed by atoms with Crippen LogP contribution in [0.1, 0.15) is 25.8 Å². The van der Waals surface area contributed by atoms with Gasteiger partial charge in [0, 0.05) is 24.3 Å². The molecule has 8 heteroatoms. The molecule has 1 unspecified atom stereocenters. The maximum Gasteiger partial charge on any atom is 0.303 e. The fraction of sp³-hybridized carbons (Fsp3) is 0.533. The number of carboxylic acids is 1. The molecule has 128 valence electrons. The Labute approximate surface area is 133 Å². The summed E-state index contributed by atoms with van der Waals surface area (Å²) in [5.74, 6) is -4.81. The third kappa shape index (κ3) is 3.53. The van der Waals surface area contributed by atoms with E-state index < -0.39 is 33.2 Å². The van der Waals surface area contributed by atoms with Gasteiger partial charge in [-0.25, -0.2) is 21.9 Å². The highest BCUT2D eigenvalue weighted by atomic mass is 32.2. The van der Waals surface area contributed by atoms with Crippen LogP contribution in [0.3, 0.4) is 0 Å². The second-order valence-electron chi connectivity index (χ2n) is 6.29. The van der Waals surface area contributed by atoms with E-state index in [2.05, 4.69) is 4.72 Å². The van der Waals surface area contributed by atoms with Crippen LogP contribution in [-0.4, -0.2) is 32.0 Å². The average molecular weight is 347 g/mol. The number of halogens is 2. The Hall–Kier alpha value is -1.54. The van der Waals surface area contributed by atoms with Crippen molar-refractivity contribution in [1.82, 2.24) is 4.72 Å². The first-order chi connectivity index (χ1) is 10.5. The van der Waals surface area contributed by atoms with Gasteiger partial charge in [0.05, 0.1) is 4.90 Å². The number of aryl methyl sites for hydroxylation is 1. The van der Waals surface area contributed by atoms with E-state index in [9.17, 15) is 22.0 Å². The fourth-order valence-electron chi connectivity index (χ4n) is 2.50. The summed E-state index contributed by atoms with van der Waals surface area (Å²) in [7, 11) is -3.86. The summed E-state index contributed by atoms with van der Waals surface area (Å²) in [6.07, 6.45) is 0.252. The lowest BCUT2D eigenvalue weighted by Crippen LogP contribution is -2.27. The minimum Gasteiger partial charge on any atom is -0.481 e. The first-order valence-electron chi connectivity index (χ1n) is 7.16. The number of alkyl halides is 2. The molecule has 1 aromatic carbocycles. The van der Waals surface area contributed by atoms with E-state index >= 15 is 0 Å². The number of carboxylic acid groups (broad SMARTS) is 1. The summed E-state index contributed by atoms with van der Waals surface area (Å²) in [6, 6.07) is 5.73. The highest BCUT2D eigenvalue weighted by Crippen LogP contribution is 2.65. The number of rotatable bonds is 7. The van der Waals surface area contributed by atoms with Crippen LogP contribution >= 0.6 is 0 Å². The van der Waals surface area contributed by atoms with E-state index in [4.69, 9.17) is 5.11 Å². The summed E-state index contributed by atoms with van der Waals surface area (Å²) in [5.41, 5.74) is -0.503. The van der Waals surface area contributed by atoms with Gasteiger partial charge in [0.25, 0.3) is 5.92 Å². The SMILES string of the molecule is CC1(C)C(CNS(=O)(=O)c2ccc(CCC(=O)O)cc2)C1(F)F. The molecular formula is C15H19F2NO4S. The van der Waals surface area contributed by atoms with Crippen LogP contribution in [-0.2, 0) is 21.2 Å². The molecule has 23 heavy (non-hydrogen) atoms. The Balaban J connectivity index is 1.99. The summed E-state index contributed by atoms with van der Waals surface area (Å²) < 4.78 is 53.4. The maximum absolute atomic E-state index is 13.5. The monoisotopic (exact) mass is 347 g/mol. The van der Waals surface area contributed by atoms with Crippen LogP contribution in [0.4, 0.5) is 8.78 Å². The van der Waals surface area contributed by atoms with E-state index in [0.29, 0.717) is 12.0 Å². The van der Waals surface area contributed by atoms with Gasteiger partial charge >= 0.3 is 5.97 Å². The predicted octanol–water partition coefficient (Wildman–Crippen LogP) is 2.27. The molecule has 2 N–H and O–H groups in total. The molecule has 0 aromatic heterocycles. The van der Waals surface area contributed by atoms with Crippen molar-refractivity contribution in [3.8, 4) is 0 Å². The Morgan fingerprint density at radius 2 is 1.78 bits per heavy atom. The third-order valence-corrected chi connectivity index (χ3v) is 5.86. The molecule has 1 aliphatic carbocycles. The van der Waals surface area contributed by atoms with E-state index in [0.717, 1.165) is 0 Å². The van der Waals surface area contributed by atoms with Gasteiger partial charge in [0.2, 0.25) is 10.0 Å². The predicted molar refractivity (Wildman–Crippen MR) is 79.8 cm³/mol. The molecule has 0 spiro atoms. The van der Waals surface area contributed by atoms with Crippen LogP contribution in [0.5, 0.6) is 0 Å². The van der Waals surface area contributed by atoms with Crippen molar-refractivity contribution in [2.75, 3.05) is 6.54 Å². The Morgan fingerprint density at radius 1 is 1.26 bits per heavy atom. The minimum atomic E-state index is -3.86. The summed E-state index contributed by atoms with van der Waals surface area (Å²) in [5, 5.41) is 8.60. The molecule has 0 amide bonds. The first-order valence-corrected chi connectivity index (χ1v) is 8.65. The molecule has 0 heterocycles. The molecular weight excluding hydrogens is 328 g/mol. The maximum atomic E-state index is 13.5. The van der Waals surface area contributed by atoms with Gasteiger partial charge in [-0.3, -0.25) is 4.79 Å². The van der Waals surface area contributed by atoms with Crippen LogP contribution in [0.25, 0.3) is 0 Å². The van der Waals surface area contributed by atoms with Gasteiger partial charge in [-0.15, -0.1) is 0 Å². The van der Waals surface area contributed by atoms with E-state index in [-0.39, 0.29) is 17.9 Å². The lowest BCUT2D eigenvalue weighted by Gasteiger charge is -2.07. The fourth-order valence-corrected chi connectivity index (χ4v) is 3.55. The second-order valence-corrected chi connectivity index (χ2v) is 8.05. The van der Waals surface area contributed by atoms with Crippen LogP contribution in [0.2, 0.25) is 0 Å². The Morgan fingerprint density at radius 3 is 2.22 bits per heavy atom. The zero-order valence-electron chi connectivity index (χ0n) is 12.8. The number of nitrogens with one attached hydrogen (secondary N) is 1. The number of hydrogen-bond acceptors (Lipinski definition) is 3. The number of benzene rings is 1. The van der Waals surface area contributed by atoms with Gasteiger partial charge < -0.3 is 5.11 Å². The van der Waals surface area contributed by atoms with Crippen molar-refractivity contribution >= 4 is 16.0 Å². The van der Waals surface area contributed by atoms with Crippen LogP contribution < -0.4 is 4.72 Å². The van der Waals surface area contributed by atoms with E-state index in [1.54, 1.807) is 0 Å². The highest BCUT2D eigenvalue weighted by molar-refractivity contribution is 7.89. The smallest absolute Gasteiger partial charge is 0.303 e. The van der Waals surface area contributed by atoms with Crippen molar-refractivity contribution < 1.29 is 27.1 Å². The van der Waals surface area contributed by atoms with Crippen molar-refractivity contribution in [2.45, 2.75) is 37.5 Å². The standard InChI is InChI=1S/C15H19F2NO4S/c1-14(2)12(15(14,16)17)9-18-23(21,22)11-6-3-10(4-7-11)5-8-13(19)20/h3-4,6-7,12,18H,5,8-9H2,1-2H3,(H,19,20). The lowest BCUT2D eigenvalue weighted by molar-refractivity contribution is -0.136. The van der Waals surface area contributed by atoms with Gasteiger partial charge in [0.15, 0.2) is 0 Å². The molecule has 0 radical (unpaired) electrons. The molecule has 0 saturated heterocycles. The summed E-state index contributed by atoms with van der Waals surface area (Å²) >= 11 is 0. The van der Waals surface area contributed by atoms with Crippen LogP contribution in [0, 0.1) is 11.3 Å². The zero-order valence-corrected chi connectivity index (χ0v) is 13.7. The number of aliphatic carboxylic acids is 1. The van der Waals surface area contributed by atoms with Gasteiger partial charge in [-0.2, -0.15) is 0 Å². The number of hydrogen-bond donors (Lipinski definition) is 2.